The zero-order valence-electron chi connectivity index (χ0n) is 9.03. The number of esters is 1. The molecule has 86 valence electrons. The number of anilines is 1. The van der Waals surface area contributed by atoms with Crippen LogP contribution < -0.4 is 4.90 Å². The standard InChI is InChI=1S/C11H9N3O2S/c1-16-10(15)9-12-6-14-7-4-2-3-5-8(7)17-11(14)13-9/h2-6,9H,1H3. The maximum Gasteiger partial charge on any atom is 0.353 e. The number of nitrogens with zero attached hydrogens (tertiary/aromatic N) is 3. The number of carbonyl (C=O) groups is 1. The molecular formula is C11H9N3O2S. The minimum atomic E-state index is -0.770. The first-order chi connectivity index (χ1) is 8.29. The van der Waals surface area contributed by atoms with Crippen LogP contribution in [0.15, 0.2) is 39.1 Å². The second kappa shape index (κ2) is 3.89. The van der Waals surface area contributed by atoms with E-state index >= 15 is 0 Å². The Hall–Kier alpha value is -1.82. The number of rotatable bonds is 1. The van der Waals surface area contributed by atoms with Crippen molar-refractivity contribution in [2.45, 2.75) is 11.1 Å². The second-order valence-electron chi connectivity index (χ2n) is 3.51. The van der Waals surface area contributed by atoms with E-state index < -0.39 is 12.1 Å². The van der Waals surface area contributed by atoms with E-state index in [0.29, 0.717) is 0 Å². The third-order valence-electron chi connectivity index (χ3n) is 2.50. The fourth-order valence-corrected chi connectivity index (χ4v) is 2.69. The minimum Gasteiger partial charge on any atom is -0.466 e. The molecule has 0 radical (unpaired) electrons. The molecule has 2 aliphatic rings. The van der Waals surface area contributed by atoms with E-state index in [9.17, 15) is 4.79 Å². The first-order valence-corrected chi connectivity index (χ1v) is 5.86. The summed E-state index contributed by atoms with van der Waals surface area (Å²) in [6.07, 6.45) is 0.857. The van der Waals surface area contributed by atoms with E-state index in [4.69, 9.17) is 0 Å². The highest BCUT2D eigenvalue weighted by atomic mass is 32.2. The van der Waals surface area contributed by atoms with Crippen molar-refractivity contribution in [3.05, 3.63) is 24.3 Å². The van der Waals surface area contributed by atoms with Crippen LogP contribution in [0.25, 0.3) is 0 Å². The van der Waals surface area contributed by atoms with Gasteiger partial charge in [0.2, 0.25) is 6.17 Å². The van der Waals surface area contributed by atoms with Gasteiger partial charge in [0.05, 0.1) is 19.1 Å². The molecule has 0 bridgehead atoms. The van der Waals surface area contributed by atoms with Crippen molar-refractivity contribution in [3.63, 3.8) is 0 Å². The first kappa shape index (κ1) is 10.3. The van der Waals surface area contributed by atoms with Crippen molar-refractivity contribution in [3.8, 4) is 0 Å². The maximum absolute atomic E-state index is 11.4. The molecule has 1 atom stereocenters. The Bertz CT molecular complexity index is 541. The van der Waals surface area contributed by atoms with Gasteiger partial charge in [0, 0.05) is 4.90 Å². The van der Waals surface area contributed by atoms with Gasteiger partial charge in [-0.15, -0.1) is 0 Å². The summed E-state index contributed by atoms with van der Waals surface area (Å²) in [5.41, 5.74) is 1.04. The molecule has 17 heavy (non-hydrogen) atoms. The zero-order chi connectivity index (χ0) is 11.8. The number of benzene rings is 1. The van der Waals surface area contributed by atoms with Crippen molar-refractivity contribution < 1.29 is 9.53 Å². The van der Waals surface area contributed by atoms with Gasteiger partial charge in [-0.1, -0.05) is 12.1 Å². The van der Waals surface area contributed by atoms with Gasteiger partial charge in [-0.05, 0) is 23.9 Å². The lowest BCUT2D eigenvalue weighted by atomic mass is 10.3. The molecule has 5 nitrogen and oxygen atoms in total. The number of thioether (sulfide) groups is 1. The molecule has 0 saturated carbocycles. The quantitative estimate of drug-likeness (QED) is 0.706. The van der Waals surface area contributed by atoms with Gasteiger partial charge in [0.25, 0.3) is 0 Å². The third kappa shape index (κ3) is 1.61. The Morgan fingerprint density at radius 1 is 1.47 bits per heavy atom. The second-order valence-corrected chi connectivity index (χ2v) is 4.52. The van der Waals surface area contributed by atoms with Gasteiger partial charge < -0.3 is 4.74 Å². The number of hydrogen-bond donors (Lipinski definition) is 0. The number of carbonyl (C=O) groups excluding carboxylic acids is 1. The van der Waals surface area contributed by atoms with E-state index in [2.05, 4.69) is 14.7 Å². The van der Waals surface area contributed by atoms with Gasteiger partial charge in [-0.25, -0.2) is 14.8 Å². The topological polar surface area (TPSA) is 54.3 Å². The third-order valence-corrected chi connectivity index (χ3v) is 3.55. The Morgan fingerprint density at radius 3 is 3.12 bits per heavy atom. The van der Waals surface area contributed by atoms with E-state index in [1.54, 1.807) is 6.34 Å². The molecule has 1 aromatic rings. The fraction of sp³-hybridized carbons (Fsp3) is 0.182. The number of aliphatic imine (C=N–C) groups is 2. The smallest absolute Gasteiger partial charge is 0.353 e. The fourth-order valence-electron chi connectivity index (χ4n) is 1.68. The Balaban J connectivity index is 1.95. The summed E-state index contributed by atoms with van der Waals surface area (Å²) in [5, 5.41) is 0.761. The van der Waals surface area contributed by atoms with E-state index in [0.717, 1.165) is 15.8 Å². The highest BCUT2D eigenvalue weighted by Crippen LogP contribution is 2.40. The lowest BCUT2D eigenvalue weighted by molar-refractivity contribution is -0.141. The molecule has 0 aromatic heterocycles. The Labute approximate surface area is 102 Å². The van der Waals surface area contributed by atoms with Crippen LogP contribution in [0.4, 0.5) is 5.69 Å². The van der Waals surface area contributed by atoms with Gasteiger partial charge in [-0.3, -0.25) is 4.90 Å². The van der Waals surface area contributed by atoms with Gasteiger partial charge in [0.1, 0.15) is 0 Å². The number of methoxy groups -OCH3 is 1. The lowest BCUT2D eigenvalue weighted by Crippen LogP contribution is -2.32. The van der Waals surface area contributed by atoms with E-state index in [1.165, 1.54) is 18.9 Å². The average Bonchev–Trinajstić information content (AvgIpc) is 2.75. The molecule has 0 saturated heterocycles. The number of amidine groups is 1. The minimum absolute atomic E-state index is 0.440. The molecule has 0 N–H and O–H groups in total. The highest BCUT2D eigenvalue weighted by Gasteiger charge is 2.31. The number of para-hydroxylation sites is 1. The summed E-state index contributed by atoms with van der Waals surface area (Å²) in [4.78, 5) is 22.7. The molecule has 1 unspecified atom stereocenters. The van der Waals surface area contributed by atoms with Crippen LogP contribution in [-0.2, 0) is 9.53 Å². The van der Waals surface area contributed by atoms with Crippen molar-refractivity contribution in [2.24, 2.45) is 9.98 Å². The molecule has 0 fully saturated rings. The lowest BCUT2D eigenvalue weighted by Gasteiger charge is -2.19. The van der Waals surface area contributed by atoms with Crippen molar-refractivity contribution >= 4 is 34.9 Å². The predicted molar refractivity (Wildman–Crippen MR) is 66.5 cm³/mol. The van der Waals surface area contributed by atoms with Gasteiger partial charge >= 0.3 is 5.97 Å². The average molecular weight is 247 g/mol. The summed E-state index contributed by atoms with van der Waals surface area (Å²) in [5.74, 6) is -0.440. The normalized spacial score (nSPS) is 20.6. The van der Waals surface area contributed by atoms with Gasteiger partial charge in [-0.2, -0.15) is 0 Å². The van der Waals surface area contributed by atoms with Crippen LogP contribution in [0.2, 0.25) is 0 Å². The van der Waals surface area contributed by atoms with Crippen LogP contribution in [0.5, 0.6) is 0 Å². The molecule has 0 aliphatic carbocycles. The van der Waals surface area contributed by atoms with Crippen molar-refractivity contribution in [2.75, 3.05) is 12.0 Å². The molecule has 0 amide bonds. The predicted octanol–water partition coefficient (Wildman–Crippen LogP) is 1.50. The monoisotopic (exact) mass is 247 g/mol. The molecule has 2 aliphatic heterocycles. The molecular weight excluding hydrogens is 238 g/mol. The molecule has 3 rings (SSSR count). The largest absolute Gasteiger partial charge is 0.466 e. The molecule has 2 heterocycles. The number of hydrogen-bond acceptors (Lipinski definition) is 6. The van der Waals surface area contributed by atoms with E-state index in [1.807, 2.05) is 29.2 Å². The Kier molecular flexibility index (Phi) is 2.36. The van der Waals surface area contributed by atoms with Crippen LogP contribution in [0, 0.1) is 0 Å². The number of ether oxygens (including phenoxy) is 1. The number of fused-ring (bicyclic) bond motifs is 3. The molecule has 6 heteroatoms. The summed E-state index contributed by atoms with van der Waals surface area (Å²) in [6, 6.07) is 7.94. The summed E-state index contributed by atoms with van der Waals surface area (Å²) >= 11 is 1.53. The van der Waals surface area contributed by atoms with Gasteiger partial charge in [0.15, 0.2) is 5.17 Å². The van der Waals surface area contributed by atoms with Crippen LogP contribution in [-0.4, -0.2) is 30.8 Å². The van der Waals surface area contributed by atoms with E-state index in [-0.39, 0.29) is 0 Å². The van der Waals surface area contributed by atoms with Crippen molar-refractivity contribution in [1.82, 2.24) is 0 Å². The van der Waals surface area contributed by atoms with Crippen LogP contribution in [0.3, 0.4) is 0 Å². The maximum atomic E-state index is 11.4. The SMILES string of the molecule is COC(=O)C1N=CN2C(=N1)Sc1ccccc12. The summed E-state index contributed by atoms with van der Waals surface area (Å²) in [6.45, 7) is 0. The van der Waals surface area contributed by atoms with Crippen molar-refractivity contribution in [1.29, 1.82) is 0 Å². The Morgan fingerprint density at radius 2 is 2.29 bits per heavy atom. The zero-order valence-corrected chi connectivity index (χ0v) is 9.85. The van der Waals surface area contributed by atoms with Crippen LogP contribution >= 0.6 is 11.8 Å². The van der Waals surface area contributed by atoms with Crippen LogP contribution in [0.1, 0.15) is 0 Å². The molecule has 0 spiro atoms. The highest BCUT2D eigenvalue weighted by molar-refractivity contribution is 8.14. The summed E-state index contributed by atoms with van der Waals surface area (Å²) < 4.78 is 4.63. The first-order valence-electron chi connectivity index (χ1n) is 5.04. The summed E-state index contributed by atoms with van der Waals surface area (Å²) in [7, 11) is 1.33. The molecule has 1 aromatic carbocycles.